The monoisotopic (exact) mass is 341 g/mol. The maximum absolute atomic E-state index is 13.3. The van der Waals surface area contributed by atoms with E-state index in [2.05, 4.69) is 20.3 Å². The minimum Gasteiger partial charge on any atom is -0.316 e. The van der Waals surface area contributed by atoms with Crippen LogP contribution in [0.5, 0.6) is 0 Å². The van der Waals surface area contributed by atoms with Gasteiger partial charge in [0.25, 0.3) is 5.56 Å². The summed E-state index contributed by atoms with van der Waals surface area (Å²) < 4.78 is 16.9. The van der Waals surface area contributed by atoms with Crippen molar-refractivity contribution < 1.29 is 4.39 Å². The molecule has 0 aliphatic heterocycles. The van der Waals surface area contributed by atoms with Crippen LogP contribution in [0.25, 0.3) is 28.4 Å². The van der Waals surface area contributed by atoms with Crippen LogP contribution in [0, 0.1) is 5.82 Å². The second-order valence-corrected chi connectivity index (χ2v) is 5.52. The Morgan fingerprint density at radius 3 is 2.72 bits per heavy atom. The van der Waals surface area contributed by atoms with E-state index in [0.29, 0.717) is 11.3 Å². The summed E-state index contributed by atoms with van der Waals surface area (Å²) in [6.07, 6.45) is 1.55. The molecule has 10 heteroatoms. The topological polar surface area (TPSA) is 103 Å². The summed E-state index contributed by atoms with van der Waals surface area (Å²) in [6.45, 7) is 0. The van der Waals surface area contributed by atoms with E-state index in [0.717, 1.165) is 4.57 Å². The molecule has 0 bridgehead atoms. The Morgan fingerprint density at radius 2 is 1.96 bits per heavy atom. The minimum atomic E-state index is -0.484. The van der Waals surface area contributed by atoms with E-state index in [1.807, 2.05) is 0 Å². The second-order valence-electron chi connectivity index (χ2n) is 5.52. The SMILES string of the molecule is Cn1c(=O)c2[nH]c(-n3cc(-c4cccc(F)c4)nn3)nc2n(C)c1=O. The van der Waals surface area contributed by atoms with Crippen LogP contribution in [-0.4, -0.2) is 34.1 Å². The maximum atomic E-state index is 13.3. The number of rotatable bonds is 2. The number of nitrogens with one attached hydrogen (secondary N) is 1. The Kier molecular flexibility index (Phi) is 3.14. The number of aromatic amines is 1. The summed E-state index contributed by atoms with van der Waals surface area (Å²) in [4.78, 5) is 31.3. The average Bonchev–Trinajstić information content (AvgIpc) is 3.25. The van der Waals surface area contributed by atoms with E-state index in [9.17, 15) is 14.0 Å². The van der Waals surface area contributed by atoms with Crippen LogP contribution in [0.3, 0.4) is 0 Å². The molecule has 1 N–H and O–H groups in total. The van der Waals surface area contributed by atoms with Gasteiger partial charge in [-0.1, -0.05) is 17.3 Å². The van der Waals surface area contributed by atoms with Gasteiger partial charge in [0.1, 0.15) is 11.5 Å². The Labute approximate surface area is 139 Å². The largest absolute Gasteiger partial charge is 0.332 e. The maximum Gasteiger partial charge on any atom is 0.332 e. The van der Waals surface area contributed by atoms with Crippen molar-refractivity contribution >= 4 is 11.2 Å². The predicted octanol–water partition coefficient (Wildman–Crippen LogP) is 0.347. The van der Waals surface area contributed by atoms with Crippen LogP contribution < -0.4 is 11.2 Å². The smallest absolute Gasteiger partial charge is 0.316 e. The van der Waals surface area contributed by atoms with Gasteiger partial charge in [-0.3, -0.25) is 13.9 Å². The van der Waals surface area contributed by atoms with Gasteiger partial charge in [-0.25, -0.2) is 9.18 Å². The molecule has 1 aromatic carbocycles. The molecule has 126 valence electrons. The molecule has 0 atom stereocenters. The lowest BCUT2D eigenvalue weighted by atomic mass is 10.2. The third-order valence-electron chi connectivity index (χ3n) is 3.91. The summed E-state index contributed by atoms with van der Waals surface area (Å²) in [5, 5.41) is 7.93. The van der Waals surface area contributed by atoms with Gasteiger partial charge in [0.2, 0.25) is 5.95 Å². The van der Waals surface area contributed by atoms with Crippen molar-refractivity contribution in [2.45, 2.75) is 0 Å². The molecule has 0 fully saturated rings. The van der Waals surface area contributed by atoms with Gasteiger partial charge in [0, 0.05) is 19.7 Å². The number of aromatic nitrogens is 7. The highest BCUT2D eigenvalue weighted by molar-refractivity contribution is 5.71. The Balaban J connectivity index is 1.86. The summed E-state index contributed by atoms with van der Waals surface area (Å²) in [6, 6.07) is 5.95. The first-order valence-corrected chi connectivity index (χ1v) is 7.30. The first-order chi connectivity index (χ1) is 12.0. The van der Waals surface area contributed by atoms with Crippen LogP contribution >= 0.6 is 0 Å². The van der Waals surface area contributed by atoms with Crippen LogP contribution in [-0.2, 0) is 14.1 Å². The van der Waals surface area contributed by atoms with Gasteiger partial charge in [0.15, 0.2) is 11.2 Å². The van der Waals surface area contributed by atoms with Crippen molar-refractivity contribution in [3.05, 3.63) is 57.1 Å². The fourth-order valence-electron chi connectivity index (χ4n) is 2.57. The van der Waals surface area contributed by atoms with Gasteiger partial charge in [-0.05, 0) is 12.1 Å². The molecule has 0 radical (unpaired) electrons. The first kappa shape index (κ1) is 15.0. The van der Waals surface area contributed by atoms with Crippen LogP contribution in [0.2, 0.25) is 0 Å². The van der Waals surface area contributed by atoms with Crippen molar-refractivity contribution in [1.29, 1.82) is 0 Å². The molecule has 0 aliphatic rings. The van der Waals surface area contributed by atoms with E-state index in [1.165, 1.54) is 35.5 Å². The number of aryl methyl sites for hydroxylation is 1. The number of hydrogen-bond donors (Lipinski definition) is 1. The second kappa shape index (κ2) is 5.23. The normalized spacial score (nSPS) is 11.3. The molecule has 0 saturated heterocycles. The van der Waals surface area contributed by atoms with Crippen LogP contribution in [0.4, 0.5) is 4.39 Å². The van der Waals surface area contributed by atoms with E-state index in [1.54, 1.807) is 18.3 Å². The lowest BCUT2D eigenvalue weighted by Crippen LogP contribution is -2.36. The van der Waals surface area contributed by atoms with Crippen molar-refractivity contribution in [2.24, 2.45) is 14.1 Å². The Morgan fingerprint density at radius 1 is 1.16 bits per heavy atom. The van der Waals surface area contributed by atoms with Gasteiger partial charge < -0.3 is 4.98 Å². The van der Waals surface area contributed by atoms with Crippen molar-refractivity contribution in [3.63, 3.8) is 0 Å². The van der Waals surface area contributed by atoms with Gasteiger partial charge >= 0.3 is 5.69 Å². The van der Waals surface area contributed by atoms with E-state index in [4.69, 9.17) is 0 Å². The predicted molar refractivity (Wildman–Crippen MR) is 86.9 cm³/mol. The molecule has 4 rings (SSSR count). The standard InChI is InChI=1S/C15H12FN7O2/c1-21-12-11(13(24)22(2)15(21)25)17-14(18-12)23-7-10(19-20-23)8-4-3-5-9(16)6-8/h3-7H,1-2H3,(H,17,18). The van der Waals surface area contributed by atoms with E-state index in [-0.39, 0.29) is 22.9 Å². The first-order valence-electron chi connectivity index (χ1n) is 7.30. The van der Waals surface area contributed by atoms with Crippen molar-refractivity contribution in [2.75, 3.05) is 0 Å². The Bertz CT molecular complexity index is 1230. The third-order valence-corrected chi connectivity index (χ3v) is 3.91. The molecular formula is C15H12FN7O2. The molecule has 0 saturated carbocycles. The molecule has 3 heterocycles. The lowest BCUT2D eigenvalue weighted by molar-refractivity contribution is 0.628. The zero-order valence-corrected chi connectivity index (χ0v) is 13.3. The summed E-state index contributed by atoms with van der Waals surface area (Å²) >= 11 is 0. The number of imidazole rings is 1. The van der Waals surface area contributed by atoms with E-state index >= 15 is 0 Å². The average molecular weight is 341 g/mol. The molecule has 9 nitrogen and oxygen atoms in total. The van der Waals surface area contributed by atoms with Gasteiger partial charge in [-0.15, -0.1) is 5.10 Å². The molecular weight excluding hydrogens is 329 g/mol. The van der Waals surface area contributed by atoms with Crippen LogP contribution in [0.1, 0.15) is 0 Å². The quantitative estimate of drug-likeness (QED) is 0.566. The van der Waals surface area contributed by atoms with Gasteiger partial charge in [0.05, 0.1) is 6.20 Å². The summed E-state index contributed by atoms with van der Waals surface area (Å²) in [5.41, 5.74) is 0.442. The summed E-state index contributed by atoms with van der Waals surface area (Å²) in [5.74, 6) is -0.155. The molecule has 0 unspecified atom stereocenters. The summed E-state index contributed by atoms with van der Waals surface area (Å²) in [7, 11) is 2.91. The van der Waals surface area contributed by atoms with E-state index < -0.39 is 11.2 Å². The third kappa shape index (κ3) is 2.26. The highest BCUT2D eigenvalue weighted by Gasteiger charge is 2.15. The minimum absolute atomic E-state index is 0.183. The molecule has 4 aromatic rings. The lowest BCUT2D eigenvalue weighted by Gasteiger charge is -2.00. The highest BCUT2D eigenvalue weighted by atomic mass is 19.1. The number of hydrogen-bond acceptors (Lipinski definition) is 5. The fourth-order valence-corrected chi connectivity index (χ4v) is 2.57. The molecule has 0 spiro atoms. The van der Waals surface area contributed by atoms with Crippen molar-refractivity contribution in [3.8, 4) is 17.2 Å². The fraction of sp³-hybridized carbons (Fsp3) is 0.133. The molecule has 25 heavy (non-hydrogen) atoms. The number of H-pyrrole nitrogens is 1. The zero-order valence-electron chi connectivity index (χ0n) is 13.3. The number of nitrogens with zero attached hydrogens (tertiary/aromatic N) is 6. The molecule has 0 amide bonds. The highest BCUT2D eigenvalue weighted by Crippen LogP contribution is 2.18. The molecule has 0 aliphatic carbocycles. The zero-order chi connectivity index (χ0) is 17.7. The Hall–Kier alpha value is -3.56. The number of benzene rings is 1. The molecule has 3 aromatic heterocycles. The number of fused-ring (bicyclic) bond motifs is 1. The van der Waals surface area contributed by atoms with Gasteiger partial charge in [-0.2, -0.15) is 9.67 Å². The number of halogens is 1. The van der Waals surface area contributed by atoms with Crippen LogP contribution in [0.15, 0.2) is 40.1 Å². The van der Waals surface area contributed by atoms with Crippen molar-refractivity contribution in [1.82, 2.24) is 34.1 Å².